The monoisotopic (exact) mass is 437 g/mol. The summed E-state index contributed by atoms with van der Waals surface area (Å²) in [6.45, 7) is 5.00. The number of piperidine rings is 1. The quantitative estimate of drug-likeness (QED) is 0.611. The SMILES string of the molecule is CCCC(F)(F)C[C@H](NC(=O)N1CCC2(CC1)CN(C1CC1)C2)C(=O)NC1(C#N)CC1. The van der Waals surface area contributed by atoms with E-state index in [2.05, 4.69) is 15.5 Å². The van der Waals surface area contributed by atoms with Crippen molar-refractivity contribution in [3.8, 4) is 6.07 Å². The molecule has 2 saturated carbocycles. The van der Waals surface area contributed by atoms with Crippen molar-refractivity contribution in [2.75, 3.05) is 26.2 Å². The Morgan fingerprint density at radius 1 is 1.19 bits per heavy atom. The van der Waals surface area contributed by atoms with E-state index >= 15 is 0 Å². The molecule has 2 N–H and O–H groups in total. The number of nitrogens with zero attached hydrogens (tertiary/aromatic N) is 3. The molecule has 4 aliphatic rings. The van der Waals surface area contributed by atoms with E-state index in [1.165, 1.54) is 12.8 Å². The highest BCUT2D eigenvalue weighted by Gasteiger charge is 2.50. The van der Waals surface area contributed by atoms with Gasteiger partial charge in [0.05, 0.1) is 6.07 Å². The average Bonchev–Trinajstić information content (AvgIpc) is 3.61. The van der Waals surface area contributed by atoms with Crippen molar-refractivity contribution in [2.24, 2.45) is 5.41 Å². The number of carbonyl (C=O) groups excluding carboxylic acids is 2. The van der Waals surface area contributed by atoms with Gasteiger partial charge in [-0.05, 0) is 43.9 Å². The van der Waals surface area contributed by atoms with Crippen LogP contribution in [0.15, 0.2) is 0 Å². The Morgan fingerprint density at radius 2 is 1.84 bits per heavy atom. The Labute approximate surface area is 182 Å². The highest BCUT2D eigenvalue weighted by Crippen LogP contribution is 2.45. The molecule has 2 heterocycles. The molecule has 0 radical (unpaired) electrons. The maximum atomic E-state index is 14.3. The molecule has 0 aromatic rings. The van der Waals surface area contributed by atoms with Gasteiger partial charge < -0.3 is 15.5 Å². The van der Waals surface area contributed by atoms with Crippen molar-refractivity contribution in [1.29, 1.82) is 5.26 Å². The van der Waals surface area contributed by atoms with Crippen LogP contribution in [0.3, 0.4) is 0 Å². The summed E-state index contributed by atoms with van der Waals surface area (Å²) in [4.78, 5) is 29.7. The van der Waals surface area contributed by atoms with Crippen LogP contribution in [0.4, 0.5) is 13.6 Å². The van der Waals surface area contributed by atoms with Crippen LogP contribution in [0, 0.1) is 16.7 Å². The second kappa shape index (κ2) is 8.19. The second-order valence-corrected chi connectivity index (χ2v) is 10.1. The zero-order valence-electron chi connectivity index (χ0n) is 18.3. The second-order valence-electron chi connectivity index (χ2n) is 10.1. The Hall–Kier alpha value is -1.95. The third-order valence-electron chi connectivity index (χ3n) is 7.31. The minimum absolute atomic E-state index is 0.281. The van der Waals surface area contributed by atoms with Gasteiger partial charge in [0.15, 0.2) is 0 Å². The van der Waals surface area contributed by atoms with E-state index in [1.807, 2.05) is 6.07 Å². The van der Waals surface area contributed by atoms with Crippen LogP contribution < -0.4 is 10.6 Å². The Kier molecular flexibility index (Phi) is 5.88. The number of likely N-dealkylation sites (tertiary alicyclic amines) is 2. The number of amides is 3. The highest BCUT2D eigenvalue weighted by atomic mass is 19.3. The fourth-order valence-corrected chi connectivity index (χ4v) is 4.94. The van der Waals surface area contributed by atoms with Crippen molar-refractivity contribution in [2.45, 2.75) is 88.3 Å². The van der Waals surface area contributed by atoms with Crippen molar-refractivity contribution < 1.29 is 18.4 Å². The van der Waals surface area contributed by atoms with Gasteiger partial charge in [0, 0.05) is 45.1 Å². The Morgan fingerprint density at radius 3 is 2.35 bits per heavy atom. The molecule has 4 fully saturated rings. The van der Waals surface area contributed by atoms with Crippen LogP contribution in [-0.2, 0) is 4.79 Å². The van der Waals surface area contributed by atoms with Gasteiger partial charge in [0.2, 0.25) is 5.91 Å². The van der Waals surface area contributed by atoms with Crippen molar-refractivity contribution >= 4 is 11.9 Å². The number of hydrogen-bond donors (Lipinski definition) is 2. The standard InChI is InChI=1S/C22H33F2N5O2/c1-2-5-22(23,24)12-17(18(30)27-21(13-25)6-7-21)26-19(31)28-10-8-20(9-11-28)14-29(15-20)16-3-4-16/h16-17H,2-12,14-15H2,1H3,(H,26,31)(H,27,30)/t17-/m0/s1. The first-order chi connectivity index (χ1) is 14.7. The molecule has 0 bridgehead atoms. The third-order valence-corrected chi connectivity index (χ3v) is 7.31. The van der Waals surface area contributed by atoms with Crippen LogP contribution in [0.25, 0.3) is 0 Å². The van der Waals surface area contributed by atoms with E-state index in [0.29, 0.717) is 25.9 Å². The molecule has 4 rings (SSSR count). The van der Waals surface area contributed by atoms with E-state index in [4.69, 9.17) is 0 Å². The number of carbonyl (C=O) groups is 2. The zero-order valence-corrected chi connectivity index (χ0v) is 18.3. The summed E-state index contributed by atoms with van der Waals surface area (Å²) in [5.41, 5.74) is -0.676. The molecule has 1 spiro atoms. The maximum absolute atomic E-state index is 14.3. The molecule has 7 nitrogen and oxygen atoms in total. The molecule has 0 aromatic carbocycles. The van der Waals surface area contributed by atoms with E-state index in [1.54, 1.807) is 11.8 Å². The molecule has 3 amide bonds. The van der Waals surface area contributed by atoms with E-state index in [-0.39, 0.29) is 18.3 Å². The Balaban J connectivity index is 1.32. The van der Waals surface area contributed by atoms with Gasteiger partial charge in [-0.1, -0.05) is 13.3 Å². The van der Waals surface area contributed by atoms with E-state index in [9.17, 15) is 23.6 Å². The lowest BCUT2D eigenvalue weighted by molar-refractivity contribution is -0.126. The smallest absolute Gasteiger partial charge is 0.318 e. The van der Waals surface area contributed by atoms with Gasteiger partial charge >= 0.3 is 6.03 Å². The zero-order chi connectivity index (χ0) is 22.3. The number of hydrogen-bond acceptors (Lipinski definition) is 4. The molecule has 0 aromatic heterocycles. The van der Waals surface area contributed by atoms with Crippen molar-refractivity contribution in [3.63, 3.8) is 0 Å². The minimum Gasteiger partial charge on any atom is -0.336 e. The molecule has 1 atom stereocenters. The van der Waals surface area contributed by atoms with Gasteiger partial charge in [-0.15, -0.1) is 0 Å². The maximum Gasteiger partial charge on any atom is 0.318 e. The first-order valence-electron chi connectivity index (χ1n) is 11.6. The summed E-state index contributed by atoms with van der Waals surface area (Å²) in [7, 11) is 0. The molecule has 172 valence electrons. The number of halogens is 2. The van der Waals surface area contributed by atoms with Crippen LogP contribution >= 0.6 is 0 Å². The van der Waals surface area contributed by atoms with Gasteiger partial charge in [0.25, 0.3) is 5.92 Å². The van der Waals surface area contributed by atoms with E-state index in [0.717, 1.165) is 32.0 Å². The Bertz CT molecular complexity index is 743. The van der Waals surface area contributed by atoms with E-state index < -0.39 is 35.9 Å². The molecule has 2 saturated heterocycles. The van der Waals surface area contributed by atoms with Gasteiger partial charge in [-0.3, -0.25) is 9.69 Å². The average molecular weight is 438 g/mol. The number of urea groups is 1. The van der Waals surface area contributed by atoms with Gasteiger partial charge in [-0.25, -0.2) is 13.6 Å². The topological polar surface area (TPSA) is 88.5 Å². The lowest BCUT2D eigenvalue weighted by Crippen LogP contribution is -2.62. The summed E-state index contributed by atoms with van der Waals surface area (Å²) in [5.74, 6) is -3.76. The predicted molar refractivity (Wildman–Crippen MR) is 110 cm³/mol. The van der Waals surface area contributed by atoms with Crippen LogP contribution in [0.1, 0.15) is 64.7 Å². The number of nitriles is 1. The number of rotatable bonds is 8. The van der Waals surface area contributed by atoms with Crippen LogP contribution in [0.5, 0.6) is 0 Å². The first-order valence-corrected chi connectivity index (χ1v) is 11.6. The van der Waals surface area contributed by atoms with Crippen molar-refractivity contribution in [3.05, 3.63) is 0 Å². The molecule has 2 aliphatic carbocycles. The summed E-state index contributed by atoms with van der Waals surface area (Å²) in [6, 6.07) is 0.971. The largest absolute Gasteiger partial charge is 0.336 e. The van der Waals surface area contributed by atoms with Crippen LogP contribution in [-0.4, -0.2) is 71.5 Å². The number of alkyl halides is 2. The fourth-order valence-electron chi connectivity index (χ4n) is 4.94. The molecular weight excluding hydrogens is 404 g/mol. The van der Waals surface area contributed by atoms with Gasteiger partial charge in [0.1, 0.15) is 11.6 Å². The molecule has 9 heteroatoms. The summed E-state index contributed by atoms with van der Waals surface area (Å²) in [5, 5.41) is 14.3. The summed E-state index contributed by atoms with van der Waals surface area (Å²) < 4.78 is 28.6. The number of nitrogens with one attached hydrogen (secondary N) is 2. The predicted octanol–water partition coefficient (Wildman–Crippen LogP) is 2.62. The molecular formula is C22H33F2N5O2. The third kappa shape index (κ3) is 5.11. The fraction of sp³-hybridized carbons (Fsp3) is 0.864. The van der Waals surface area contributed by atoms with Gasteiger partial charge in [-0.2, -0.15) is 5.26 Å². The lowest BCUT2D eigenvalue weighted by atomic mass is 9.72. The van der Waals surface area contributed by atoms with Crippen molar-refractivity contribution in [1.82, 2.24) is 20.4 Å². The highest BCUT2D eigenvalue weighted by molar-refractivity contribution is 5.88. The molecule has 2 aliphatic heterocycles. The molecule has 31 heavy (non-hydrogen) atoms. The molecule has 0 unspecified atom stereocenters. The normalized spacial score (nSPS) is 25.3. The lowest BCUT2D eigenvalue weighted by Gasteiger charge is -2.54. The minimum atomic E-state index is -3.06. The first kappa shape index (κ1) is 22.3. The summed E-state index contributed by atoms with van der Waals surface area (Å²) >= 11 is 0. The summed E-state index contributed by atoms with van der Waals surface area (Å²) in [6.07, 6.45) is 4.60. The van der Waals surface area contributed by atoms with Crippen LogP contribution in [0.2, 0.25) is 0 Å².